The summed E-state index contributed by atoms with van der Waals surface area (Å²) >= 11 is 0. The third-order valence-corrected chi connectivity index (χ3v) is 7.22. The average Bonchev–Trinajstić information content (AvgIpc) is 3.16. The molecule has 1 saturated heterocycles. The van der Waals surface area contributed by atoms with E-state index in [9.17, 15) is 13.5 Å². The molecule has 0 unspecified atom stereocenters. The van der Waals surface area contributed by atoms with Gasteiger partial charge in [-0.25, -0.2) is 4.98 Å². The van der Waals surface area contributed by atoms with Crippen molar-refractivity contribution in [1.82, 2.24) is 18.2 Å². The van der Waals surface area contributed by atoms with Crippen LogP contribution in [0.5, 0.6) is 0 Å². The molecule has 0 radical (unpaired) electrons. The van der Waals surface area contributed by atoms with Crippen molar-refractivity contribution in [2.75, 3.05) is 27.2 Å². The average molecular weight is 362 g/mol. The van der Waals surface area contributed by atoms with Gasteiger partial charge in [0.1, 0.15) is 0 Å². The summed E-state index contributed by atoms with van der Waals surface area (Å²) < 4.78 is 29.3. The van der Waals surface area contributed by atoms with Gasteiger partial charge in [-0.05, 0) is 12.0 Å². The lowest BCUT2D eigenvalue weighted by molar-refractivity contribution is 0.0329. The maximum absolute atomic E-state index is 12.3. The van der Waals surface area contributed by atoms with Crippen molar-refractivity contribution in [1.29, 1.82) is 0 Å². The Kier molecular flexibility index (Phi) is 3.95. The van der Waals surface area contributed by atoms with Crippen molar-refractivity contribution in [3.63, 3.8) is 0 Å². The maximum atomic E-state index is 12.3. The minimum Gasteiger partial charge on any atom is -0.391 e. The van der Waals surface area contributed by atoms with Crippen LogP contribution in [0.25, 0.3) is 11.3 Å². The van der Waals surface area contributed by atoms with Crippen LogP contribution >= 0.6 is 0 Å². The monoisotopic (exact) mass is 362 g/mol. The summed E-state index contributed by atoms with van der Waals surface area (Å²) in [6.07, 6.45) is 3.52. The summed E-state index contributed by atoms with van der Waals surface area (Å²) in [6.45, 7) is 0.527. The van der Waals surface area contributed by atoms with Gasteiger partial charge < -0.3 is 9.67 Å². The summed E-state index contributed by atoms with van der Waals surface area (Å²) in [4.78, 5) is 4.26. The van der Waals surface area contributed by atoms with Crippen molar-refractivity contribution in [2.24, 2.45) is 5.92 Å². The molecule has 4 rings (SSSR count). The fourth-order valence-corrected chi connectivity index (χ4v) is 5.18. The molecule has 8 heteroatoms. The number of aliphatic hydroxyl groups excluding tert-OH is 1. The molecule has 0 bridgehead atoms. The van der Waals surface area contributed by atoms with Gasteiger partial charge >= 0.3 is 0 Å². The van der Waals surface area contributed by atoms with Gasteiger partial charge in [0, 0.05) is 38.7 Å². The number of nitrogens with zero attached hydrogens (tertiary/aromatic N) is 4. The van der Waals surface area contributed by atoms with E-state index in [-0.39, 0.29) is 18.5 Å². The second-order valence-corrected chi connectivity index (χ2v) is 9.03. The second kappa shape index (κ2) is 5.91. The summed E-state index contributed by atoms with van der Waals surface area (Å²) in [5.41, 5.74) is 3.37. The van der Waals surface area contributed by atoms with Crippen LogP contribution < -0.4 is 0 Å². The van der Waals surface area contributed by atoms with E-state index in [1.54, 1.807) is 6.33 Å². The molecule has 0 amide bonds. The highest BCUT2D eigenvalue weighted by Crippen LogP contribution is 2.45. The third-order valence-electron chi connectivity index (χ3n) is 5.31. The largest absolute Gasteiger partial charge is 0.391 e. The second-order valence-electron chi connectivity index (χ2n) is 6.89. The molecule has 0 aliphatic carbocycles. The first-order valence-corrected chi connectivity index (χ1v) is 9.77. The Morgan fingerprint density at radius 3 is 2.76 bits per heavy atom. The Morgan fingerprint density at radius 1 is 1.28 bits per heavy atom. The minimum absolute atomic E-state index is 0.00656. The number of benzene rings is 1. The molecule has 7 nitrogen and oxygen atoms in total. The Hall–Kier alpha value is -1.74. The molecule has 25 heavy (non-hydrogen) atoms. The molecule has 3 atom stereocenters. The highest BCUT2D eigenvalue weighted by atomic mass is 32.2. The molecule has 1 aromatic carbocycles. The summed E-state index contributed by atoms with van der Waals surface area (Å²) in [7, 11) is -0.477. The first kappa shape index (κ1) is 16.7. The van der Waals surface area contributed by atoms with Crippen LogP contribution in [0.4, 0.5) is 0 Å². The number of piperidine rings is 1. The lowest BCUT2D eigenvalue weighted by atomic mass is 9.84. The third kappa shape index (κ3) is 2.52. The number of aromatic nitrogens is 2. The van der Waals surface area contributed by atoms with Crippen LogP contribution in [0.3, 0.4) is 0 Å². The number of fused-ring (bicyclic) bond motifs is 3. The number of imidazole rings is 1. The SMILES string of the molecule is CN(C)S(=O)(=O)N1CC[C@H]([C@H]2c3ccccc3-c3cncn32)[C@@H](O)C1. The first-order chi connectivity index (χ1) is 11.9. The lowest BCUT2D eigenvalue weighted by Gasteiger charge is -2.39. The summed E-state index contributed by atoms with van der Waals surface area (Å²) in [5, 5.41) is 10.8. The van der Waals surface area contributed by atoms with Gasteiger partial charge in [0.05, 0.1) is 30.4 Å². The van der Waals surface area contributed by atoms with Crippen molar-refractivity contribution in [2.45, 2.75) is 18.6 Å². The topological polar surface area (TPSA) is 78.7 Å². The van der Waals surface area contributed by atoms with Gasteiger partial charge in [0.2, 0.25) is 0 Å². The highest BCUT2D eigenvalue weighted by Gasteiger charge is 2.42. The van der Waals surface area contributed by atoms with E-state index < -0.39 is 16.3 Å². The smallest absolute Gasteiger partial charge is 0.281 e. The number of hydrogen-bond donors (Lipinski definition) is 1. The van der Waals surface area contributed by atoms with Crippen LogP contribution in [0.2, 0.25) is 0 Å². The summed E-state index contributed by atoms with van der Waals surface area (Å²) in [5.74, 6) is -0.0507. The first-order valence-electron chi connectivity index (χ1n) is 8.38. The number of aliphatic hydroxyl groups is 1. The zero-order valence-electron chi connectivity index (χ0n) is 14.3. The fourth-order valence-electron chi connectivity index (χ4n) is 4.04. The van der Waals surface area contributed by atoms with Gasteiger partial charge in [-0.1, -0.05) is 24.3 Å². The van der Waals surface area contributed by atoms with Crippen molar-refractivity contribution in [3.8, 4) is 11.3 Å². The molecule has 3 heterocycles. The molecule has 134 valence electrons. The van der Waals surface area contributed by atoms with Crippen molar-refractivity contribution < 1.29 is 13.5 Å². The maximum Gasteiger partial charge on any atom is 0.281 e. The molecule has 2 aromatic rings. The molecule has 0 spiro atoms. The quantitative estimate of drug-likeness (QED) is 0.881. The van der Waals surface area contributed by atoms with E-state index in [4.69, 9.17) is 0 Å². The Labute approximate surface area is 147 Å². The van der Waals surface area contributed by atoms with E-state index in [0.29, 0.717) is 13.0 Å². The van der Waals surface area contributed by atoms with Crippen molar-refractivity contribution in [3.05, 3.63) is 42.4 Å². The van der Waals surface area contributed by atoms with Crippen LogP contribution in [-0.4, -0.2) is 65.0 Å². The van der Waals surface area contributed by atoms with E-state index in [0.717, 1.165) is 11.3 Å². The van der Waals surface area contributed by atoms with Gasteiger partial charge in [-0.2, -0.15) is 17.0 Å². The molecule has 1 N–H and O–H groups in total. The molecule has 1 aromatic heterocycles. The standard InChI is InChI=1S/C17H22N4O3S/c1-19(2)25(23,24)20-8-7-14(16(22)10-20)17-13-6-4-3-5-12(13)15-9-18-11-21(15)17/h3-6,9,11,14,16-17,22H,7-8,10H2,1-2H3/t14-,16-,17+/m0/s1. The van der Waals surface area contributed by atoms with Crippen LogP contribution in [0.1, 0.15) is 18.0 Å². The number of hydrogen-bond acceptors (Lipinski definition) is 4. The highest BCUT2D eigenvalue weighted by molar-refractivity contribution is 7.86. The van der Waals surface area contributed by atoms with Crippen molar-refractivity contribution >= 4 is 10.2 Å². The predicted octanol–water partition coefficient (Wildman–Crippen LogP) is 0.942. The fraction of sp³-hybridized carbons (Fsp3) is 0.471. The Bertz CT molecular complexity index is 893. The molecule has 2 aliphatic heterocycles. The van der Waals surface area contributed by atoms with E-state index in [2.05, 4.69) is 21.7 Å². The van der Waals surface area contributed by atoms with Gasteiger partial charge in [-0.15, -0.1) is 0 Å². The zero-order valence-corrected chi connectivity index (χ0v) is 15.1. The minimum atomic E-state index is -3.50. The molecular formula is C17H22N4O3S. The van der Waals surface area contributed by atoms with Gasteiger partial charge in [0.15, 0.2) is 0 Å². The molecule has 2 aliphatic rings. The predicted molar refractivity (Wildman–Crippen MR) is 94.1 cm³/mol. The van der Waals surface area contributed by atoms with Gasteiger partial charge in [0.25, 0.3) is 10.2 Å². The molecule has 0 saturated carbocycles. The van der Waals surface area contributed by atoms with E-state index >= 15 is 0 Å². The van der Waals surface area contributed by atoms with Gasteiger partial charge in [-0.3, -0.25) is 0 Å². The van der Waals surface area contributed by atoms with E-state index in [1.807, 2.05) is 18.3 Å². The van der Waals surface area contributed by atoms with Crippen LogP contribution in [0, 0.1) is 5.92 Å². The van der Waals surface area contributed by atoms with Crippen LogP contribution in [0.15, 0.2) is 36.8 Å². The number of rotatable bonds is 3. The number of β-amino-alcohol motifs (C(OH)–C–C–N with tert-alkyl or cyclic N) is 1. The zero-order chi connectivity index (χ0) is 17.8. The molecular weight excluding hydrogens is 340 g/mol. The normalized spacial score (nSPS) is 26.6. The van der Waals surface area contributed by atoms with E-state index in [1.165, 1.54) is 28.3 Å². The Balaban J connectivity index is 1.65. The summed E-state index contributed by atoms with van der Waals surface area (Å²) in [6, 6.07) is 8.15. The molecule has 1 fully saturated rings. The lowest BCUT2D eigenvalue weighted by Crippen LogP contribution is -2.51. The van der Waals surface area contributed by atoms with Crippen LogP contribution in [-0.2, 0) is 10.2 Å². The Morgan fingerprint density at radius 2 is 2.04 bits per heavy atom.